The van der Waals surface area contributed by atoms with Crippen molar-refractivity contribution in [1.29, 1.82) is 0 Å². The zero-order chi connectivity index (χ0) is 8.69. The Balaban J connectivity index is 0.000000461. The van der Waals surface area contributed by atoms with Crippen LogP contribution >= 0.6 is 9.24 Å². The van der Waals surface area contributed by atoms with Gasteiger partial charge >= 0.3 is 0 Å². The molecule has 1 unspecified atom stereocenters. The van der Waals surface area contributed by atoms with E-state index >= 15 is 0 Å². The van der Waals surface area contributed by atoms with Gasteiger partial charge in [0.1, 0.15) is 0 Å². The molecule has 1 rings (SSSR count). The number of hydrogen-bond acceptors (Lipinski definition) is 1. The third-order valence-corrected chi connectivity index (χ3v) is 2.30. The summed E-state index contributed by atoms with van der Waals surface area (Å²) in [6.07, 6.45) is 7.20. The summed E-state index contributed by atoms with van der Waals surface area (Å²) < 4.78 is 0. The average molecular weight is 175 g/mol. The van der Waals surface area contributed by atoms with E-state index in [0.717, 1.165) is 6.04 Å². The monoisotopic (exact) mass is 175 g/mol. The molecule has 0 amide bonds. The molecule has 1 aliphatic carbocycles. The minimum absolute atomic E-state index is 0.888. The molecule has 0 bridgehead atoms. The van der Waals surface area contributed by atoms with E-state index in [9.17, 15) is 0 Å². The Labute approximate surface area is 73.7 Å². The van der Waals surface area contributed by atoms with Gasteiger partial charge in [-0.25, -0.2) is 0 Å². The molecule has 11 heavy (non-hydrogen) atoms. The van der Waals surface area contributed by atoms with Gasteiger partial charge in [-0.1, -0.05) is 25.9 Å². The smallest absolute Gasteiger partial charge is 0.00891 e. The molecule has 1 nitrogen and oxygen atoms in total. The average Bonchev–Trinajstić information content (AvgIpc) is 2.10. The molecule has 0 aliphatic heterocycles. The first-order valence-corrected chi connectivity index (χ1v) is 5.70. The zero-order valence-corrected chi connectivity index (χ0v) is 9.29. The fourth-order valence-electron chi connectivity index (χ4n) is 1.60. The van der Waals surface area contributed by atoms with Crippen molar-refractivity contribution in [2.24, 2.45) is 0 Å². The van der Waals surface area contributed by atoms with Crippen LogP contribution in [-0.2, 0) is 0 Å². The molecule has 0 aromatic rings. The molecule has 0 radical (unpaired) electrons. The second-order valence-electron chi connectivity index (χ2n) is 3.26. The second kappa shape index (κ2) is 7.06. The van der Waals surface area contributed by atoms with Gasteiger partial charge in [-0.15, -0.1) is 9.24 Å². The minimum atomic E-state index is 0.888. The van der Waals surface area contributed by atoms with Crippen LogP contribution < -0.4 is 0 Å². The van der Waals surface area contributed by atoms with Crippen LogP contribution in [0.4, 0.5) is 0 Å². The lowest BCUT2D eigenvalue weighted by Crippen LogP contribution is -2.29. The molecule has 0 saturated heterocycles. The van der Waals surface area contributed by atoms with Crippen molar-refractivity contribution in [3.63, 3.8) is 0 Å². The van der Waals surface area contributed by atoms with E-state index in [1.807, 2.05) is 6.66 Å². The van der Waals surface area contributed by atoms with Gasteiger partial charge < -0.3 is 4.90 Å². The summed E-state index contributed by atoms with van der Waals surface area (Å²) in [7, 11) is 6.80. The Morgan fingerprint density at radius 3 is 1.73 bits per heavy atom. The van der Waals surface area contributed by atoms with Crippen LogP contribution in [0.5, 0.6) is 0 Å². The maximum atomic E-state index is 2.42. The van der Waals surface area contributed by atoms with Gasteiger partial charge in [0.15, 0.2) is 0 Å². The summed E-state index contributed by atoms with van der Waals surface area (Å²) in [5, 5.41) is 0. The Hall–Kier alpha value is 0.390. The first-order valence-electron chi connectivity index (χ1n) is 4.55. The lowest BCUT2D eigenvalue weighted by atomic mass is 9.95. The van der Waals surface area contributed by atoms with E-state index in [4.69, 9.17) is 0 Å². The lowest BCUT2D eigenvalue weighted by Gasteiger charge is -2.27. The zero-order valence-electron chi connectivity index (χ0n) is 8.14. The Kier molecular flexibility index (Phi) is 7.31. The van der Waals surface area contributed by atoms with Crippen molar-refractivity contribution in [1.82, 2.24) is 4.90 Å². The van der Waals surface area contributed by atoms with Gasteiger partial charge in [0, 0.05) is 6.04 Å². The molecular formula is C9H22NP. The molecule has 1 fully saturated rings. The Morgan fingerprint density at radius 1 is 1.00 bits per heavy atom. The van der Waals surface area contributed by atoms with E-state index in [1.165, 1.54) is 32.1 Å². The summed E-state index contributed by atoms with van der Waals surface area (Å²) >= 11 is 0. The van der Waals surface area contributed by atoms with Gasteiger partial charge in [0.25, 0.3) is 0 Å². The van der Waals surface area contributed by atoms with Crippen molar-refractivity contribution in [3.8, 4) is 0 Å². The predicted molar refractivity (Wildman–Crippen MR) is 56.2 cm³/mol. The van der Waals surface area contributed by atoms with E-state index in [-0.39, 0.29) is 0 Å². The molecule has 0 heterocycles. The lowest BCUT2D eigenvalue weighted by molar-refractivity contribution is 0.229. The Morgan fingerprint density at radius 2 is 1.45 bits per heavy atom. The van der Waals surface area contributed by atoms with Crippen LogP contribution in [-0.4, -0.2) is 31.7 Å². The normalized spacial score (nSPS) is 19.4. The van der Waals surface area contributed by atoms with Crippen LogP contribution in [0.1, 0.15) is 32.1 Å². The summed E-state index contributed by atoms with van der Waals surface area (Å²) in [5.74, 6) is 0. The molecule has 1 aliphatic rings. The first-order chi connectivity index (χ1) is 5.30. The van der Waals surface area contributed by atoms with Gasteiger partial charge in [-0.3, -0.25) is 0 Å². The van der Waals surface area contributed by atoms with Crippen molar-refractivity contribution in [2.75, 3.05) is 20.8 Å². The maximum Gasteiger partial charge on any atom is 0.00891 e. The van der Waals surface area contributed by atoms with E-state index in [1.54, 1.807) is 0 Å². The Bertz CT molecular complexity index is 77.6. The molecule has 68 valence electrons. The SMILES string of the molecule is CN(C)C1CCCCC1.CP. The predicted octanol–water partition coefficient (Wildman–Crippen LogP) is 2.37. The van der Waals surface area contributed by atoms with Crippen molar-refractivity contribution in [2.45, 2.75) is 38.1 Å². The molecule has 0 spiro atoms. The van der Waals surface area contributed by atoms with Crippen LogP contribution in [0.25, 0.3) is 0 Å². The number of nitrogens with zero attached hydrogens (tertiary/aromatic N) is 1. The van der Waals surface area contributed by atoms with Crippen LogP contribution in [0.15, 0.2) is 0 Å². The summed E-state index contributed by atoms with van der Waals surface area (Å²) in [4.78, 5) is 2.36. The molecule has 0 aromatic carbocycles. The van der Waals surface area contributed by atoms with Crippen LogP contribution in [0.3, 0.4) is 0 Å². The van der Waals surface area contributed by atoms with Crippen molar-refractivity contribution < 1.29 is 0 Å². The van der Waals surface area contributed by atoms with Crippen LogP contribution in [0.2, 0.25) is 0 Å². The largest absolute Gasteiger partial charge is 0.306 e. The van der Waals surface area contributed by atoms with E-state index < -0.39 is 0 Å². The quantitative estimate of drug-likeness (QED) is 0.553. The molecule has 1 atom stereocenters. The molecule has 2 heteroatoms. The second-order valence-corrected chi connectivity index (χ2v) is 3.26. The third kappa shape index (κ3) is 4.76. The molecule has 0 aromatic heterocycles. The number of hydrogen-bond donors (Lipinski definition) is 0. The van der Waals surface area contributed by atoms with Gasteiger partial charge in [-0.2, -0.15) is 0 Å². The number of rotatable bonds is 1. The minimum Gasteiger partial charge on any atom is -0.306 e. The van der Waals surface area contributed by atoms with Crippen molar-refractivity contribution >= 4 is 9.24 Å². The fourth-order valence-corrected chi connectivity index (χ4v) is 1.60. The van der Waals surface area contributed by atoms with Crippen molar-refractivity contribution in [3.05, 3.63) is 0 Å². The summed E-state index contributed by atoms with van der Waals surface area (Å²) in [5.41, 5.74) is 0. The van der Waals surface area contributed by atoms with Gasteiger partial charge in [0.05, 0.1) is 0 Å². The highest BCUT2D eigenvalue weighted by atomic mass is 31.0. The fraction of sp³-hybridized carbons (Fsp3) is 1.00. The van der Waals surface area contributed by atoms with E-state index in [2.05, 4.69) is 28.2 Å². The van der Waals surface area contributed by atoms with E-state index in [0.29, 0.717) is 0 Å². The first kappa shape index (κ1) is 11.4. The van der Waals surface area contributed by atoms with Crippen LogP contribution in [0, 0.1) is 0 Å². The van der Waals surface area contributed by atoms with Gasteiger partial charge in [-0.05, 0) is 26.9 Å². The maximum absolute atomic E-state index is 2.42. The highest BCUT2D eigenvalue weighted by Crippen LogP contribution is 2.20. The third-order valence-electron chi connectivity index (χ3n) is 2.30. The highest BCUT2D eigenvalue weighted by Gasteiger charge is 2.13. The topological polar surface area (TPSA) is 3.24 Å². The summed E-state index contributed by atoms with van der Waals surface area (Å²) in [6, 6.07) is 0.888. The molecular weight excluding hydrogens is 153 g/mol. The molecule has 1 saturated carbocycles. The summed E-state index contributed by atoms with van der Waals surface area (Å²) in [6.45, 7) is 1.92. The standard InChI is InChI=1S/C8H17N.CH5P/c1-9(2)8-6-4-3-5-7-8;1-2/h8H,3-7H2,1-2H3;2H2,1H3. The highest BCUT2D eigenvalue weighted by molar-refractivity contribution is 7.15. The van der Waals surface area contributed by atoms with Gasteiger partial charge in [0.2, 0.25) is 0 Å². The molecule has 0 N–H and O–H groups in total.